The molecule has 0 saturated heterocycles. The SMILES string of the molecule is CCCCCC(CCC)Nc1ncnc(N)c1C(=N)C#Cc1cc(NC(=O)c2cccc(C(F)(F)F)c2)ccc1Cl. The number of hydrogen-bond acceptors (Lipinski definition) is 6. The van der Waals surface area contributed by atoms with E-state index in [2.05, 4.69) is 46.3 Å². The number of amides is 1. The molecule has 3 aromatic rings. The highest BCUT2D eigenvalue weighted by atomic mass is 35.5. The minimum absolute atomic E-state index is 0.110. The molecule has 41 heavy (non-hydrogen) atoms. The number of nitrogen functional groups attached to an aromatic ring is 1. The van der Waals surface area contributed by atoms with Crippen LogP contribution in [0, 0.1) is 17.3 Å². The molecule has 1 atom stereocenters. The topological polar surface area (TPSA) is 117 Å². The summed E-state index contributed by atoms with van der Waals surface area (Å²) in [7, 11) is 0. The van der Waals surface area contributed by atoms with Crippen molar-refractivity contribution >= 4 is 40.5 Å². The third kappa shape index (κ3) is 8.95. The number of nitrogens with two attached hydrogens (primary N) is 1. The van der Waals surface area contributed by atoms with Crippen molar-refractivity contribution in [2.45, 2.75) is 64.6 Å². The Bertz CT molecular complexity index is 1450. The first-order chi connectivity index (χ1) is 19.5. The number of halogens is 4. The van der Waals surface area contributed by atoms with Crippen LogP contribution in [0.2, 0.25) is 5.02 Å². The lowest BCUT2D eigenvalue weighted by Crippen LogP contribution is -2.22. The van der Waals surface area contributed by atoms with Crippen molar-refractivity contribution in [1.29, 1.82) is 5.41 Å². The molecule has 1 aromatic heterocycles. The fraction of sp³-hybridized carbons (Fsp3) is 0.333. The number of benzene rings is 2. The molecule has 0 fully saturated rings. The van der Waals surface area contributed by atoms with Crippen molar-refractivity contribution in [3.8, 4) is 11.8 Å². The Labute approximate surface area is 242 Å². The second-order valence-electron chi connectivity index (χ2n) is 9.46. The molecule has 0 aliphatic heterocycles. The Hall–Kier alpha value is -4.10. The van der Waals surface area contributed by atoms with Crippen LogP contribution >= 0.6 is 11.6 Å². The molecule has 0 aliphatic rings. The summed E-state index contributed by atoms with van der Waals surface area (Å²) < 4.78 is 39.1. The summed E-state index contributed by atoms with van der Waals surface area (Å²) in [6, 6.07) is 8.76. The minimum Gasteiger partial charge on any atom is -0.383 e. The molecule has 11 heteroatoms. The van der Waals surface area contributed by atoms with E-state index >= 15 is 0 Å². The van der Waals surface area contributed by atoms with Gasteiger partial charge in [0, 0.05) is 22.9 Å². The lowest BCUT2D eigenvalue weighted by molar-refractivity contribution is -0.137. The second kappa shape index (κ2) is 14.5. The van der Waals surface area contributed by atoms with Crippen molar-refractivity contribution in [1.82, 2.24) is 9.97 Å². The Morgan fingerprint density at radius 3 is 2.59 bits per heavy atom. The monoisotopic (exact) mass is 584 g/mol. The van der Waals surface area contributed by atoms with Gasteiger partial charge in [-0.1, -0.05) is 63.1 Å². The number of carbonyl (C=O) groups excluding carboxylic acids is 1. The van der Waals surface area contributed by atoms with Crippen LogP contribution in [0.5, 0.6) is 0 Å². The number of aromatic nitrogens is 2. The van der Waals surface area contributed by atoms with Gasteiger partial charge in [-0.25, -0.2) is 9.97 Å². The fourth-order valence-corrected chi connectivity index (χ4v) is 4.32. The summed E-state index contributed by atoms with van der Waals surface area (Å²) in [6.07, 6.45) is 2.95. The molecule has 1 amide bonds. The summed E-state index contributed by atoms with van der Waals surface area (Å²) >= 11 is 6.30. The number of nitrogens with one attached hydrogen (secondary N) is 3. The van der Waals surface area contributed by atoms with E-state index in [9.17, 15) is 18.0 Å². The smallest absolute Gasteiger partial charge is 0.383 e. The molecule has 3 rings (SSSR count). The molecule has 0 bridgehead atoms. The van der Waals surface area contributed by atoms with Gasteiger partial charge in [-0.15, -0.1) is 0 Å². The van der Waals surface area contributed by atoms with Crippen LogP contribution in [0.25, 0.3) is 0 Å². The Balaban J connectivity index is 1.82. The van der Waals surface area contributed by atoms with Gasteiger partial charge in [-0.05, 0) is 55.2 Å². The quantitative estimate of drug-likeness (QED) is 0.105. The van der Waals surface area contributed by atoms with Crippen molar-refractivity contribution in [3.63, 3.8) is 0 Å². The molecule has 0 saturated carbocycles. The van der Waals surface area contributed by atoms with Gasteiger partial charge in [0.1, 0.15) is 23.7 Å². The zero-order valence-corrected chi connectivity index (χ0v) is 23.6. The highest BCUT2D eigenvalue weighted by Gasteiger charge is 2.31. The molecule has 216 valence electrons. The van der Waals surface area contributed by atoms with Crippen LogP contribution < -0.4 is 16.4 Å². The number of nitrogens with zero attached hydrogens (tertiary/aromatic N) is 2. The van der Waals surface area contributed by atoms with Crippen LogP contribution in [0.3, 0.4) is 0 Å². The maximum atomic E-state index is 13.0. The molecule has 0 aliphatic carbocycles. The van der Waals surface area contributed by atoms with Crippen LogP contribution in [0.1, 0.15) is 79.4 Å². The standard InChI is InChI=1S/C30H32ClF3N6O/c1-3-5-6-11-22(8-4-2)39-28-26(27(36)37-18-38-28)25(35)15-12-19-17-23(13-14-24(19)31)40-29(41)20-9-7-10-21(16-20)30(32,33)34/h7,9-10,13-14,16-18,22,35H,3-6,8,11H2,1-2H3,(H,40,41)(H3,36,37,38,39). The highest BCUT2D eigenvalue weighted by Crippen LogP contribution is 2.30. The minimum atomic E-state index is -4.57. The number of unbranched alkanes of at least 4 members (excludes halogenated alkanes) is 2. The number of anilines is 3. The first-order valence-corrected chi connectivity index (χ1v) is 13.7. The molecule has 0 radical (unpaired) electrons. The van der Waals surface area contributed by atoms with Gasteiger partial charge in [0.25, 0.3) is 5.91 Å². The van der Waals surface area contributed by atoms with Crippen LogP contribution in [-0.2, 0) is 6.18 Å². The zero-order valence-electron chi connectivity index (χ0n) is 22.8. The highest BCUT2D eigenvalue weighted by molar-refractivity contribution is 6.32. The summed E-state index contributed by atoms with van der Waals surface area (Å²) in [4.78, 5) is 21.0. The summed E-state index contributed by atoms with van der Waals surface area (Å²) in [5, 5.41) is 14.9. The van der Waals surface area contributed by atoms with E-state index in [1.165, 1.54) is 36.7 Å². The zero-order chi connectivity index (χ0) is 30.0. The van der Waals surface area contributed by atoms with Gasteiger partial charge in [0.05, 0.1) is 16.1 Å². The molecule has 1 unspecified atom stereocenters. The van der Waals surface area contributed by atoms with Crippen molar-refractivity contribution < 1.29 is 18.0 Å². The van der Waals surface area contributed by atoms with Gasteiger partial charge >= 0.3 is 6.18 Å². The van der Waals surface area contributed by atoms with E-state index in [1.54, 1.807) is 0 Å². The normalized spacial score (nSPS) is 11.8. The van der Waals surface area contributed by atoms with Crippen LogP contribution in [0.4, 0.5) is 30.5 Å². The first-order valence-electron chi connectivity index (χ1n) is 13.3. The summed E-state index contributed by atoms with van der Waals surface area (Å²) in [5.74, 6) is 5.38. The molecule has 7 nitrogen and oxygen atoms in total. The van der Waals surface area contributed by atoms with Crippen LogP contribution in [0.15, 0.2) is 48.8 Å². The van der Waals surface area contributed by atoms with E-state index in [1.807, 2.05) is 0 Å². The van der Waals surface area contributed by atoms with E-state index in [0.29, 0.717) is 11.4 Å². The number of rotatable bonds is 11. The van der Waals surface area contributed by atoms with Crippen molar-refractivity contribution in [2.75, 3.05) is 16.4 Å². The molecule has 5 N–H and O–H groups in total. The predicted octanol–water partition coefficient (Wildman–Crippen LogP) is 7.56. The Morgan fingerprint density at radius 2 is 1.88 bits per heavy atom. The molecule has 0 spiro atoms. The summed E-state index contributed by atoms with van der Waals surface area (Å²) in [6.45, 7) is 4.26. The van der Waals surface area contributed by atoms with Crippen molar-refractivity contribution in [3.05, 3.63) is 76.1 Å². The maximum Gasteiger partial charge on any atom is 0.416 e. The molecular formula is C30H32ClF3N6O. The van der Waals surface area contributed by atoms with E-state index in [-0.39, 0.29) is 39.4 Å². The summed E-state index contributed by atoms with van der Waals surface area (Å²) in [5.41, 5.74) is 5.77. The molecular weight excluding hydrogens is 553 g/mol. The lowest BCUT2D eigenvalue weighted by atomic mass is 10.0. The average Bonchev–Trinajstić information content (AvgIpc) is 2.93. The fourth-order valence-electron chi connectivity index (χ4n) is 4.16. The van der Waals surface area contributed by atoms with Gasteiger partial charge in [-0.3, -0.25) is 10.2 Å². The maximum absolute atomic E-state index is 13.0. The second-order valence-corrected chi connectivity index (χ2v) is 9.87. The van der Waals surface area contributed by atoms with Gasteiger partial charge < -0.3 is 16.4 Å². The molecule has 1 heterocycles. The third-order valence-electron chi connectivity index (χ3n) is 6.26. The van der Waals surface area contributed by atoms with Gasteiger partial charge in [0.15, 0.2) is 0 Å². The van der Waals surface area contributed by atoms with Crippen molar-refractivity contribution in [2.24, 2.45) is 0 Å². The van der Waals surface area contributed by atoms with E-state index in [4.69, 9.17) is 22.7 Å². The Kier molecular flexibility index (Phi) is 11.1. The first kappa shape index (κ1) is 31.4. The molecule has 2 aromatic carbocycles. The van der Waals surface area contributed by atoms with E-state index < -0.39 is 17.6 Å². The number of carbonyl (C=O) groups is 1. The van der Waals surface area contributed by atoms with E-state index in [0.717, 1.165) is 50.7 Å². The predicted molar refractivity (Wildman–Crippen MR) is 157 cm³/mol. The largest absolute Gasteiger partial charge is 0.416 e. The number of alkyl halides is 3. The average molecular weight is 585 g/mol. The number of hydrogen-bond donors (Lipinski definition) is 4. The van der Waals surface area contributed by atoms with Crippen LogP contribution in [-0.4, -0.2) is 27.6 Å². The van der Waals surface area contributed by atoms with Gasteiger partial charge in [0.2, 0.25) is 0 Å². The van der Waals surface area contributed by atoms with Gasteiger partial charge in [-0.2, -0.15) is 13.2 Å². The third-order valence-corrected chi connectivity index (χ3v) is 6.59. The lowest BCUT2D eigenvalue weighted by Gasteiger charge is -2.20. The Morgan fingerprint density at radius 1 is 1.10 bits per heavy atom.